The lowest BCUT2D eigenvalue weighted by Crippen LogP contribution is -2.15. The number of carbonyl (C=O) groups excluding carboxylic acids is 3. The van der Waals surface area contributed by atoms with Gasteiger partial charge in [0.05, 0.1) is 5.56 Å². The van der Waals surface area contributed by atoms with E-state index in [-0.39, 0.29) is 23.0 Å². The van der Waals surface area contributed by atoms with E-state index in [1.54, 1.807) is 12.1 Å². The average Bonchev–Trinajstić information content (AvgIpc) is 2.58. The number of ketones is 1. The molecule has 0 heterocycles. The van der Waals surface area contributed by atoms with Gasteiger partial charge in [0.25, 0.3) is 0 Å². The standard InChI is InChI=1S/C20H19F2NO4/c1-12(2)7-19(25)23-17-5-3-13(4-6-17)18(24)11-27-20(26)14-8-15(21)10-16(22)9-14/h3-6,8-10,12H,7,11H2,1-2H3,(H,23,25). The van der Waals surface area contributed by atoms with Gasteiger partial charge in [-0.3, -0.25) is 9.59 Å². The number of halogens is 2. The number of ether oxygens (including phenoxy) is 1. The molecule has 0 aliphatic carbocycles. The molecule has 1 amide bonds. The Balaban J connectivity index is 1.92. The number of rotatable bonds is 7. The second-order valence-electron chi connectivity index (χ2n) is 6.38. The highest BCUT2D eigenvalue weighted by molar-refractivity contribution is 6.00. The first-order chi connectivity index (χ1) is 12.7. The highest BCUT2D eigenvalue weighted by Gasteiger charge is 2.14. The maximum atomic E-state index is 13.1. The topological polar surface area (TPSA) is 72.5 Å². The molecule has 0 saturated carbocycles. The lowest BCUT2D eigenvalue weighted by molar-refractivity contribution is -0.116. The molecule has 27 heavy (non-hydrogen) atoms. The fraction of sp³-hybridized carbons (Fsp3) is 0.250. The predicted octanol–water partition coefficient (Wildman–Crippen LogP) is 3.99. The molecule has 0 aliphatic heterocycles. The molecule has 0 fully saturated rings. The third kappa shape index (κ3) is 6.29. The summed E-state index contributed by atoms with van der Waals surface area (Å²) in [6.07, 6.45) is 0.386. The summed E-state index contributed by atoms with van der Waals surface area (Å²) in [6.45, 7) is 3.29. The van der Waals surface area contributed by atoms with Crippen LogP contribution in [0.1, 0.15) is 41.0 Å². The van der Waals surface area contributed by atoms with E-state index in [1.807, 2.05) is 13.8 Å². The molecule has 142 valence electrons. The van der Waals surface area contributed by atoms with Gasteiger partial charge in [0, 0.05) is 23.7 Å². The Hall–Kier alpha value is -3.09. The lowest BCUT2D eigenvalue weighted by Gasteiger charge is -2.08. The van der Waals surface area contributed by atoms with Gasteiger partial charge in [0.15, 0.2) is 12.4 Å². The lowest BCUT2D eigenvalue weighted by atomic mass is 10.1. The smallest absolute Gasteiger partial charge is 0.338 e. The normalized spacial score (nSPS) is 10.6. The molecule has 1 N–H and O–H groups in total. The van der Waals surface area contributed by atoms with Crippen molar-refractivity contribution in [2.45, 2.75) is 20.3 Å². The highest BCUT2D eigenvalue weighted by Crippen LogP contribution is 2.13. The van der Waals surface area contributed by atoms with Gasteiger partial charge in [-0.2, -0.15) is 0 Å². The first-order valence-corrected chi connectivity index (χ1v) is 8.31. The largest absolute Gasteiger partial charge is 0.454 e. The van der Waals surface area contributed by atoms with Crippen molar-refractivity contribution in [1.82, 2.24) is 0 Å². The van der Waals surface area contributed by atoms with Crippen molar-refractivity contribution in [1.29, 1.82) is 0 Å². The minimum absolute atomic E-state index is 0.125. The quantitative estimate of drug-likeness (QED) is 0.587. The Bertz CT molecular complexity index is 827. The highest BCUT2D eigenvalue weighted by atomic mass is 19.1. The Kier molecular flexibility index (Phi) is 6.76. The van der Waals surface area contributed by atoms with Crippen LogP contribution in [0.3, 0.4) is 0 Å². The summed E-state index contributed by atoms with van der Waals surface area (Å²) in [6, 6.07) is 8.38. The summed E-state index contributed by atoms with van der Waals surface area (Å²) in [7, 11) is 0. The minimum atomic E-state index is -1.00. The summed E-state index contributed by atoms with van der Waals surface area (Å²) < 4.78 is 31.0. The van der Waals surface area contributed by atoms with Crippen molar-refractivity contribution in [2.75, 3.05) is 11.9 Å². The number of benzene rings is 2. The van der Waals surface area contributed by atoms with Crippen LogP contribution in [0.2, 0.25) is 0 Å². The SMILES string of the molecule is CC(C)CC(=O)Nc1ccc(C(=O)COC(=O)c2cc(F)cc(F)c2)cc1. The van der Waals surface area contributed by atoms with Gasteiger partial charge < -0.3 is 10.1 Å². The van der Waals surface area contributed by atoms with E-state index in [2.05, 4.69) is 5.32 Å². The molecule has 0 radical (unpaired) electrons. The summed E-state index contributed by atoms with van der Waals surface area (Å²) >= 11 is 0. The van der Waals surface area contributed by atoms with Gasteiger partial charge in [-0.15, -0.1) is 0 Å². The molecule has 5 nitrogen and oxygen atoms in total. The van der Waals surface area contributed by atoms with Gasteiger partial charge in [0.2, 0.25) is 5.91 Å². The zero-order chi connectivity index (χ0) is 20.0. The number of amides is 1. The van der Waals surface area contributed by atoms with E-state index >= 15 is 0 Å². The second-order valence-corrected chi connectivity index (χ2v) is 6.38. The minimum Gasteiger partial charge on any atom is -0.454 e. The predicted molar refractivity (Wildman–Crippen MR) is 95.5 cm³/mol. The molecule has 0 saturated heterocycles. The van der Waals surface area contributed by atoms with Crippen molar-refractivity contribution in [3.05, 3.63) is 65.2 Å². The summed E-state index contributed by atoms with van der Waals surface area (Å²) in [5.41, 5.74) is 0.503. The van der Waals surface area contributed by atoms with Gasteiger partial charge >= 0.3 is 5.97 Å². The number of hydrogen-bond donors (Lipinski definition) is 1. The van der Waals surface area contributed by atoms with E-state index in [0.29, 0.717) is 18.2 Å². The van der Waals surface area contributed by atoms with Crippen molar-refractivity contribution in [3.63, 3.8) is 0 Å². The van der Waals surface area contributed by atoms with Crippen molar-refractivity contribution >= 4 is 23.3 Å². The fourth-order valence-electron chi connectivity index (χ4n) is 2.29. The molecule has 0 bridgehead atoms. The van der Waals surface area contributed by atoms with E-state index in [4.69, 9.17) is 4.74 Å². The van der Waals surface area contributed by atoms with Gasteiger partial charge in [-0.25, -0.2) is 13.6 Å². The molecule has 2 aromatic carbocycles. The van der Waals surface area contributed by atoms with Crippen LogP contribution in [0.5, 0.6) is 0 Å². The van der Waals surface area contributed by atoms with Crippen LogP contribution in [-0.2, 0) is 9.53 Å². The molecule has 0 atom stereocenters. The molecular weight excluding hydrogens is 356 g/mol. The first kappa shape index (κ1) is 20.2. The van der Waals surface area contributed by atoms with Crippen molar-refractivity contribution < 1.29 is 27.9 Å². The molecule has 0 aliphatic rings. The average molecular weight is 375 g/mol. The van der Waals surface area contributed by atoms with Crippen LogP contribution in [0.4, 0.5) is 14.5 Å². The van der Waals surface area contributed by atoms with Crippen molar-refractivity contribution in [3.8, 4) is 0 Å². The van der Waals surface area contributed by atoms with Crippen LogP contribution in [-0.4, -0.2) is 24.3 Å². The number of Topliss-reactive ketones (excluding diaryl/α,β-unsaturated/α-hetero) is 1. The van der Waals surface area contributed by atoms with E-state index in [1.165, 1.54) is 12.1 Å². The Labute approximate surface area is 155 Å². The zero-order valence-corrected chi connectivity index (χ0v) is 14.9. The molecule has 0 spiro atoms. The molecule has 2 rings (SSSR count). The molecule has 2 aromatic rings. The summed E-state index contributed by atoms with van der Waals surface area (Å²) in [4.78, 5) is 35.6. The number of hydrogen-bond acceptors (Lipinski definition) is 4. The summed E-state index contributed by atoms with van der Waals surface area (Å²) in [5, 5.41) is 2.72. The maximum absolute atomic E-state index is 13.1. The number of nitrogens with one attached hydrogen (secondary N) is 1. The van der Waals surface area contributed by atoms with Crippen LogP contribution in [0.25, 0.3) is 0 Å². The van der Waals surface area contributed by atoms with Crippen LogP contribution >= 0.6 is 0 Å². The van der Waals surface area contributed by atoms with E-state index in [0.717, 1.165) is 12.1 Å². The molecular formula is C20H19F2NO4. The number of esters is 1. The number of carbonyl (C=O) groups is 3. The van der Waals surface area contributed by atoms with Crippen molar-refractivity contribution in [2.24, 2.45) is 5.92 Å². The van der Waals surface area contributed by atoms with Crippen LogP contribution < -0.4 is 5.32 Å². The Morgan fingerprint density at radius 2 is 1.56 bits per heavy atom. The summed E-state index contributed by atoms with van der Waals surface area (Å²) in [5.74, 6) is -3.21. The van der Waals surface area contributed by atoms with E-state index in [9.17, 15) is 23.2 Å². The van der Waals surface area contributed by atoms with Crippen LogP contribution in [0.15, 0.2) is 42.5 Å². The van der Waals surface area contributed by atoms with Gasteiger partial charge in [-0.05, 0) is 42.3 Å². The third-order valence-electron chi connectivity index (χ3n) is 3.52. The number of anilines is 1. The van der Waals surface area contributed by atoms with Gasteiger partial charge in [-0.1, -0.05) is 13.8 Å². The van der Waals surface area contributed by atoms with Gasteiger partial charge in [0.1, 0.15) is 11.6 Å². The third-order valence-corrected chi connectivity index (χ3v) is 3.52. The maximum Gasteiger partial charge on any atom is 0.338 e. The molecule has 0 unspecified atom stereocenters. The zero-order valence-electron chi connectivity index (χ0n) is 14.9. The van der Waals surface area contributed by atoms with Crippen LogP contribution in [0, 0.1) is 17.6 Å². The monoisotopic (exact) mass is 375 g/mol. The second kappa shape index (κ2) is 9.02. The molecule has 0 aromatic heterocycles. The Morgan fingerprint density at radius 3 is 2.11 bits per heavy atom. The first-order valence-electron chi connectivity index (χ1n) is 8.31. The molecule has 7 heteroatoms. The Morgan fingerprint density at radius 1 is 0.963 bits per heavy atom. The van der Waals surface area contributed by atoms with E-state index < -0.39 is 30.0 Å². The fourth-order valence-corrected chi connectivity index (χ4v) is 2.29.